The summed E-state index contributed by atoms with van der Waals surface area (Å²) in [4.78, 5) is 2.30. The number of benzene rings is 1. The molecule has 1 aromatic carbocycles. The highest BCUT2D eigenvalue weighted by atomic mass is 35.5. The van der Waals surface area contributed by atoms with E-state index in [9.17, 15) is 8.78 Å². The highest BCUT2D eigenvalue weighted by Gasteiger charge is 2.32. The molecule has 2 aliphatic rings. The van der Waals surface area contributed by atoms with Gasteiger partial charge >= 0.3 is 0 Å². The van der Waals surface area contributed by atoms with Gasteiger partial charge in [-0.3, -0.25) is 4.90 Å². The lowest BCUT2D eigenvalue weighted by molar-refractivity contribution is 0.156. The van der Waals surface area contributed by atoms with Crippen LogP contribution in [0, 0.1) is 17.6 Å². The molecule has 0 amide bonds. The van der Waals surface area contributed by atoms with Crippen molar-refractivity contribution in [2.75, 3.05) is 26.2 Å². The molecule has 0 spiro atoms. The number of hydrogen-bond acceptors (Lipinski definition) is 2. The molecule has 6 heteroatoms. The fourth-order valence-electron chi connectivity index (χ4n) is 2.91. The van der Waals surface area contributed by atoms with Gasteiger partial charge in [0.2, 0.25) is 0 Å². The van der Waals surface area contributed by atoms with E-state index < -0.39 is 11.6 Å². The van der Waals surface area contributed by atoms with Gasteiger partial charge in [-0.05, 0) is 18.4 Å². The van der Waals surface area contributed by atoms with E-state index in [0.717, 1.165) is 32.6 Å². The summed E-state index contributed by atoms with van der Waals surface area (Å²) in [6, 6.07) is 4.60. The molecule has 1 atom stereocenters. The third kappa shape index (κ3) is 4.52. The average molecular weight is 339 g/mol. The zero-order chi connectivity index (χ0) is 13.2. The van der Waals surface area contributed by atoms with Crippen molar-refractivity contribution in [2.45, 2.75) is 25.3 Å². The largest absolute Gasteiger partial charge is 0.314 e. The first-order chi connectivity index (χ1) is 9.25. The summed E-state index contributed by atoms with van der Waals surface area (Å²) >= 11 is 0. The Balaban J connectivity index is 0.00000110. The molecule has 0 unspecified atom stereocenters. The zero-order valence-corrected chi connectivity index (χ0v) is 13.5. The van der Waals surface area contributed by atoms with E-state index in [1.165, 1.54) is 18.9 Å². The number of piperazine rings is 1. The molecule has 1 N–H and O–H groups in total. The molecule has 0 aromatic heterocycles. The molecule has 1 saturated carbocycles. The Labute approximate surface area is 137 Å². The molecule has 1 heterocycles. The van der Waals surface area contributed by atoms with Crippen LogP contribution in [0.3, 0.4) is 0 Å². The Kier molecular flexibility index (Phi) is 7.34. The highest BCUT2D eigenvalue weighted by molar-refractivity contribution is 5.85. The fraction of sp³-hybridized carbons (Fsp3) is 0.600. The summed E-state index contributed by atoms with van der Waals surface area (Å²) < 4.78 is 27.5. The molecular formula is C15H22Cl2F2N2. The van der Waals surface area contributed by atoms with Crippen LogP contribution in [-0.4, -0.2) is 31.1 Å². The lowest BCUT2D eigenvalue weighted by Crippen LogP contribution is -2.45. The van der Waals surface area contributed by atoms with Crippen molar-refractivity contribution in [1.29, 1.82) is 0 Å². The molecular weight excluding hydrogens is 317 g/mol. The van der Waals surface area contributed by atoms with Crippen LogP contribution in [0.1, 0.15) is 30.9 Å². The van der Waals surface area contributed by atoms with Gasteiger partial charge in [-0.2, -0.15) is 0 Å². The van der Waals surface area contributed by atoms with E-state index in [-0.39, 0.29) is 30.9 Å². The molecule has 2 nitrogen and oxygen atoms in total. The van der Waals surface area contributed by atoms with E-state index in [1.807, 2.05) is 0 Å². The van der Waals surface area contributed by atoms with Crippen molar-refractivity contribution in [3.63, 3.8) is 0 Å². The molecule has 1 aliphatic carbocycles. The minimum atomic E-state index is -0.728. The second-order valence-corrected chi connectivity index (χ2v) is 5.62. The van der Waals surface area contributed by atoms with Gasteiger partial charge in [-0.25, -0.2) is 8.78 Å². The third-order valence-electron chi connectivity index (χ3n) is 4.19. The lowest BCUT2D eigenvalue weighted by atomic mass is 9.98. The first-order valence-corrected chi connectivity index (χ1v) is 7.14. The van der Waals surface area contributed by atoms with Gasteiger partial charge in [0.25, 0.3) is 0 Å². The minimum Gasteiger partial charge on any atom is -0.314 e. The van der Waals surface area contributed by atoms with Crippen LogP contribution >= 0.6 is 24.8 Å². The van der Waals surface area contributed by atoms with Crippen LogP contribution in [0.5, 0.6) is 0 Å². The van der Waals surface area contributed by atoms with E-state index in [2.05, 4.69) is 10.2 Å². The maximum absolute atomic E-state index is 14.1. The Hall–Kier alpha value is -0.420. The zero-order valence-electron chi connectivity index (χ0n) is 11.9. The number of rotatable bonds is 4. The van der Waals surface area contributed by atoms with E-state index in [1.54, 1.807) is 12.1 Å². The smallest absolute Gasteiger partial charge is 0.163 e. The molecule has 0 radical (unpaired) electrons. The molecule has 3 rings (SSSR count). The van der Waals surface area contributed by atoms with Crippen LogP contribution in [0.2, 0.25) is 0 Å². The molecule has 120 valence electrons. The van der Waals surface area contributed by atoms with Crippen LogP contribution in [-0.2, 0) is 0 Å². The maximum atomic E-state index is 14.1. The van der Waals surface area contributed by atoms with Gasteiger partial charge in [0.1, 0.15) is 0 Å². The third-order valence-corrected chi connectivity index (χ3v) is 4.19. The van der Waals surface area contributed by atoms with Gasteiger partial charge in [0.05, 0.1) is 0 Å². The van der Waals surface area contributed by atoms with Crippen molar-refractivity contribution in [1.82, 2.24) is 10.2 Å². The van der Waals surface area contributed by atoms with Gasteiger partial charge in [0.15, 0.2) is 11.6 Å². The lowest BCUT2D eigenvalue weighted by Gasteiger charge is -2.35. The van der Waals surface area contributed by atoms with Gasteiger partial charge in [-0.1, -0.05) is 25.0 Å². The summed E-state index contributed by atoms with van der Waals surface area (Å²) in [5.74, 6) is -0.692. The van der Waals surface area contributed by atoms with Crippen LogP contribution < -0.4 is 5.32 Å². The van der Waals surface area contributed by atoms with E-state index in [0.29, 0.717) is 11.5 Å². The molecule has 1 saturated heterocycles. The van der Waals surface area contributed by atoms with Crippen molar-refractivity contribution in [3.05, 3.63) is 35.4 Å². The summed E-state index contributed by atoms with van der Waals surface area (Å²) in [5, 5.41) is 3.31. The second kappa shape index (κ2) is 8.28. The molecule has 0 bridgehead atoms. The van der Waals surface area contributed by atoms with Gasteiger partial charge in [-0.15, -0.1) is 24.8 Å². The number of nitrogens with one attached hydrogen (secondary N) is 1. The summed E-state index contributed by atoms with van der Waals surface area (Å²) in [6.45, 7) is 3.68. The first kappa shape index (κ1) is 18.6. The Morgan fingerprint density at radius 2 is 1.81 bits per heavy atom. The molecule has 1 aliphatic heterocycles. The summed E-state index contributed by atoms with van der Waals surface area (Å²) in [6.07, 6.45) is 3.43. The Bertz CT molecular complexity index is 449. The fourth-order valence-corrected chi connectivity index (χ4v) is 2.91. The minimum absolute atomic E-state index is 0. The highest BCUT2D eigenvalue weighted by Crippen LogP contribution is 2.40. The van der Waals surface area contributed by atoms with Crippen LogP contribution in [0.15, 0.2) is 18.2 Å². The molecule has 21 heavy (non-hydrogen) atoms. The topological polar surface area (TPSA) is 15.3 Å². The second-order valence-electron chi connectivity index (χ2n) is 5.62. The van der Waals surface area contributed by atoms with Crippen molar-refractivity contribution in [3.8, 4) is 0 Å². The standard InChI is InChI=1S/C15H20F2N2.2ClH/c16-13-3-1-2-12(15(13)17)14(10-11-4-5-11)19-8-6-18-7-9-19;;/h1-3,11,14,18H,4-10H2;2*1H/t14-;;/m0../s1. The van der Waals surface area contributed by atoms with Gasteiger partial charge in [0, 0.05) is 37.8 Å². The van der Waals surface area contributed by atoms with Crippen molar-refractivity contribution in [2.24, 2.45) is 5.92 Å². The predicted molar refractivity (Wildman–Crippen MR) is 85.4 cm³/mol. The predicted octanol–water partition coefficient (Wildman–Crippen LogP) is 3.55. The van der Waals surface area contributed by atoms with Crippen molar-refractivity contribution >= 4 is 24.8 Å². The van der Waals surface area contributed by atoms with Crippen LogP contribution in [0.25, 0.3) is 0 Å². The van der Waals surface area contributed by atoms with E-state index in [4.69, 9.17) is 0 Å². The number of hydrogen-bond donors (Lipinski definition) is 1. The normalized spacial score (nSPS) is 20.3. The van der Waals surface area contributed by atoms with Crippen LogP contribution in [0.4, 0.5) is 8.78 Å². The average Bonchev–Trinajstić information content (AvgIpc) is 3.25. The van der Waals surface area contributed by atoms with Crippen molar-refractivity contribution < 1.29 is 8.78 Å². The van der Waals surface area contributed by atoms with Gasteiger partial charge < -0.3 is 5.32 Å². The van der Waals surface area contributed by atoms with E-state index >= 15 is 0 Å². The number of nitrogens with zero attached hydrogens (tertiary/aromatic N) is 1. The first-order valence-electron chi connectivity index (χ1n) is 7.14. The number of halogens is 4. The maximum Gasteiger partial charge on any atom is 0.163 e. The SMILES string of the molecule is Cl.Cl.Fc1cccc([C@H](CC2CC2)N2CCNCC2)c1F. The molecule has 2 fully saturated rings. The quantitative estimate of drug-likeness (QED) is 0.902. The Morgan fingerprint density at radius 1 is 1.14 bits per heavy atom. The Morgan fingerprint density at radius 3 is 2.43 bits per heavy atom. The molecule has 1 aromatic rings. The monoisotopic (exact) mass is 338 g/mol. The summed E-state index contributed by atoms with van der Waals surface area (Å²) in [5.41, 5.74) is 0.536. The summed E-state index contributed by atoms with van der Waals surface area (Å²) in [7, 11) is 0.